The maximum Gasteiger partial charge on any atom is 0.439 e. The van der Waals surface area contributed by atoms with Gasteiger partial charge in [0.15, 0.2) is 0 Å². The normalized spacial score (nSPS) is 31.4. The standard InChI is InChI=1S/C10H11F3O5/c11-10(12,13)9(6(14)15)5-8(7(16)18-9)1-3-17-4-2-8/h1-5H2,(H,14,15). The van der Waals surface area contributed by atoms with Gasteiger partial charge in [0, 0.05) is 19.6 Å². The van der Waals surface area contributed by atoms with E-state index in [-0.39, 0.29) is 26.1 Å². The SMILES string of the molecule is O=C1OC(C(=O)O)(C(F)(F)F)CC12CCOCC2. The Hall–Kier alpha value is -1.31. The average molecular weight is 268 g/mol. The number of hydrogen-bond acceptors (Lipinski definition) is 4. The van der Waals surface area contributed by atoms with Crippen LogP contribution in [0.4, 0.5) is 13.2 Å². The van der Waals surface area contributed by atoms with Gasteiger partial charge in [-0.2, -0.15) is 13.2 Å². The number of ether oxygens (including phenoxy) is 2. The summed E-state index contributed by atoms with van der Waals surface area (Å²) in [5.74, 6) is -3.27. The van der Waals surface area contributed by atoms with Crippen molar-refractivity contribution in [2.75, 3.05) is 13.2 Å². The van der Waals surface area contributed by atoms with Gasteiger partial charge in [0.25, 0.3) is 0 Å². The molecule has 8 heteroatoms. The first-order chi connectivity index (χ1) is 8.24. The van der Waals surface area contributed by atoms with E-state index in [0.717, 1.165) is 0 Å². The Balaban J connectivity index is 2.37. The van der Waals surface area contributed by atoms with Crippen molar-refractivity contribution in [1.82, 2.24) is 0 Å². The van der Waals surface area contributed by atoms with E-state index in [1.165, 1.54) is 0 Å². The highest BCUT2D eigenvalue weighted by Gasteiger charge is 2.73. The first-order valence-electron chi connectivity index (χ1n) is 5.35. The molecule has 2 rings (SSSR count). The van der Waals surface area contributed by atoms with Crippen molar-refractivity contribution in [3.05, 3.63) is 0 Å². The molecule has 5 nitrogen and oxygen atoms in total. The predicted molar refractivity (Wildman–Crippen MR) is 49.6 cm³/mol. The lowest BCUT2D eigenvalue weighted by Gasteiger charge is -2.30. The average Bonchev–Trinajstić information content (AvgIpc) is 2.54. The second-order valence-corrected chi connectivity index (χ2v) is 4.59. The number of carbonyl (C=O) groups is 2. The minimum absolute atomic E-state index is 0.0525. The molecule has 1 unspecified atom stereocenters. The molecule has 2 heterocycles. The highest BCUT2D eigenvalue weighted by molar-refractivity contribution is 5.90. The van der Waals surface area contributed by atoms with E-state index in [1.807, 2.05) is 0 Å². The minimum atomic E-state index is -5.13. The van der Waals surface area contributed by atoms with Crippen molar-refractivity contribution in [2.45, 2.75) is 31.0 Å². The van der Waals surface area contributed by atoms with Gasteiger partial charge in [-0.25, -0.2) is 4.79 Å². The molecule has 102 valence electrons. The topological polar surface area (TPSA) is 72.8 Å². The zero-order valence-corrected chi connectivity index (χ0v) is 9.25. The number of carboxylic acid groups (broad SMARTS) is 1. The van der Waals surface area contributed by atoms with Crippen molar-refractivity contribution >= 4 is 11.9 Å². The zero-order valence-electron chi connectivity index (χ0n) is 9.25. The van der Waals surface area contributed by atoms with E-state index in [9.17, 15) is 22.8 Å². The second-order valence-electron chi connectivity index (χ2n) is 4.59. The summed E-state index contributed by atoms with van der Waals surface area (Å²) in [6.45, 7) is 0.255. The first-order valence-corrected chi connectivity index (χ1v) is 5.35. The summed E-state index contributed by atoms with van der Waals surface area (Å²) in [7, 11) is 0. The quantitative estimate of drug-likeness (QED) is 0.721. The van der Waals surface area contributed by atoms with E-state index in [2.05, 4.69) is 4.74 Å². The number of carbonyl (C=O) groups excluding carboxylic acids is 1. The predicted octanol–water partition coefficient (Wildman–Crippen LogP) is 1.12. The van der Waals surface area contributed by atoms with Crippen LogP contribution in [0, 0.1) is 5.41 Å². The van der Waals surface area contributed by atoms with Gasteiger partial charge in [-0.3, -0.25) is 4.79 Å². The molecule has 0 aliphatic carbocycles. The van der Waals surface area contributed by atoms with Gasteiger partial charge in [-0.05, 0) is 12.8 Å². The third-order valence-electron chi connectivity index (χ3n) is 3.54. The van der Waals surface area contributed by atoms with Gasteiger partial charge >= 0.3 is 23.7 Å². The van der Waals surface area contributed by atoms with Gasteiger partial charge < -0.3 is 14.6 Å². The van der Waals surface area contributed by atoms with E-state index >= 15 is 0 Å². The molecule has 0 aromatic rings. The maximum atomic E-state index is 12.9. The van der Waals surface area contributed by atoms with Crippen LogP contribution in [0.2, 0.25) is 0 Å². The van der Waals surface area contributed by atoms with Crippen LogP contribution in [0.5, 0.6) is 0 Å². The summed E-state index contributed by atoms with van der Waals surface area (Å²) in [6.07, 6.45) is -5.90. The van der Waals surface area contributed by atoms with Crippen LogP contribution in [0.1, 0.15) is 19.3 Å². The van der Waals surface area contributed by atoms with Gasteiger partial charge in [-0.15, -0.1) is 0 Å². The fraction of sp³-hybridized carbons (Fsp3) is 0.800. The van der Waals surface area contributed by atoms with Crippen molar-refractivity contribution in [3.63, 3.8) is 0 Å². The number of halogens is 3. The van der Waals surface area contributed by atoms with E-state index < -0.39 is 35.6 Å². The summed E-state index contributed by atoms with van der Waals surface area (Å²) in [4.78, 5) is 22.6. The molecule has 0 aromatic carbocycles. The fourth-order valence-corrected chi connectivity index (χ4v) is 2.39. The first kappa shape index (κ1) is 13.1. The molecule has 0 radical (unpaired) electrons. The Morgan fingerprint density at radius 1 is 1.28 bits per heavy atom. The largest absolute Gasteiger partial charge is 0.478 e. The Bertz CT molecular complexity index is 385. The molecule has 0 saturated carbocycles. The molecule has 0 amide bonds. The third kappa shape index (κ3) is 1.66. The number of alkyl halides is 3. The molecule has 18 heavy (non-hydrogen) atoms. The number of hydrogen-bond donors (Lipinski definition) is 1. The van der Waals surface area contributed by atoms with Crippen LogP contribution in [-0.4, -0.2) is 42.0 Å². The van der Waals surface area contributed by atoms with Crippen LogP contribution in [0.3, 0.4) is 0 Å². The van der Waals surface area contributed by atoms with Crippen LogP contribution >= 0.6 is 0 Å². The Morgan fingerprint density at radius 3 is 2.22 bits per heavy atom. The molecule has 2 fully saturated rings. The van der Waals surface area contributed by atoms with Crippen LogP contribution in [0.15, 0.2) is 0 Å². The summed E-state index contributed by atoms with van der Waals surface area (Å²) in [5, 5.41) is 8.80. The van der Waals surface area contributed by atoms with Crippen LogP contribution in [0.25, 0.3) is 0 Å². The molecular weight excluding hydrogens is 257 g/mol. The summed E-state index contributed by atoms with van der Waals surface area (Å²) >= 11 is 0. The Morgan fingerprint density at radius 2 is 1.83 bits per heavy atom. The highest BCUT2D eigenvalue weighted by atomic mass is 19.4. The van der Waals surface area contributed by atoms with Crippen molar-refractivity contribution in [2.24, 2.45) is 5.41 Å². The summed E-state index contributed by atoms with van der Waals surface area (Å²) in [5.41, 5.74) is -4.80. The molecule has 1 atom stereocenters. The molecule has 0 aromatic heterocycles. The molecule has 2 aliphatic rings. The second kappa shape index (κ2) is 3.84. The van der Waals surface area contributed by atoms with Crippen molar-refractivity contribution in [1.29, 1.82) is 0 Å². The number of cyclic esters (lactones) is 1. The lowest BCUT2D eigenvalue weighted by Crippen LogP contribution is -2.52. The van der Waals surface area contributed by atoms with Crippen molar-refractivity contribution < 1.29 is 37.3 Å². The van der Waals surface area contributed by atoms with Gasteiger partial charge in [0.1, 0.15) is 0 Å². The third-order valence-corrected chi connectivity index (χ3v) is 3.54. The summed E-state index contributed by atoms with van der Waals surface area (Å²) in [6, 6.07) is 0. The lowest BCUT2D eigenvalue weighted by molar-refractivity contribution is -0.259. The van der Waals surface area contributed by atoms with Crippen LogP contribution in [-0.2, 0) is 19.1 Å². The number of esters is 1. The van der Waals surface area contributed by atoms with Crippen molar-refractivity contribution in [3.8, 4) is 0 Å². The minimum Gasteiger partial charge on any atom is -0.478 e. The molecule has 1 spiro atoms. The van der Waals surface area contributed by atoms with Gasteiger partial charge in [0.05, 0.1) is 5.41 Å². The van der Waals surface area contributed by atoms with Gasteiger partial charge in [0.2, 0.25) is 0 Å². The van der Waals surface area contributed by atoms with E-state index in [0.29, 0.717) is 0 Å². The van der Waals surface area contributed by atoms with Crippen LogP contribution < -0.4 is 0 Å². The molecule has 2 aliphatic heterocycles. The van der Waals surface area contributed by atoms with E-state index in [1.54, 1.807) is 0 Å². The molecule has 1 N–H and O–H groups in total. The molecular formula is C10H11F3O5. The Labute approximate surface area is 99.9 Å². The molecule has 2 saturated heterocycles. The highest BCUT2D eigenvalue weighted by Crippen LogP contribution is 2.53. The fourth-order valence-electron chi connectivity index (χ4n) is 2.39. The Kier molecular flexibility index (Phi) is 2.80. The van der Waals surface area contributed by atoms with E-state index in [4.69, 9.17) is 9.84 Å². The molecule has 0 bridgehead atoms. The smallest absolute Gasteiger partial charge is 0.439 e. The summed E-state index contributed by atoms with van der Waals surface area (Å²) < 4.78 is 47.9. The maximum absolute atomic E-state index is 12.9. The zero-order chi connectivity index (χ0) is 13.6. The number of carboxylic acids is 1. The monoisotopic (exact) mass is 268 g/mol. The number of aliphatic carboxylic acids is 1. The lowest BCUT2D eigenvalue weighted by atomic mass is 9.74. The van der Waals surface area contributed by atoms with Gasteiger partial charge in [-0.1, -0.05) is 0 Å². The number of rotatable bonds is 1.